The number of hydrogen-bond acceptors (Lipinski definition) is 3. The van der Waals surface area contributed by atoms with Crippen LogP contribution in [-0.4, -0.2) is 36.5 Å². The lowest BCUT2D eigenvalue weighted by Crippen LogP contribution is -2.47. The van der Waals surface area contributed by atoms with Crippen LogP contribution in [0.5, 0.6) is 0 Å². The van der Waals surface area contributed by atoms with Gasteiger partial charge < -0.3 is 9.64 Å². The van der Waals surface area contributed by atoms with E-state index in [4.69, 9.17) is 4.74 Å². The Hall–Kier alpha value is -1.06. The molecule has 0 aromatic heterocycles. The van der Waals surface area contributed by atoms with Gasteiger partial charge in [-0.15, -0.1) is 0 Å². The van der Waals surface area contributed by atoms with E-state index in [2.05, 4.69) is 4.90 Å². The smallest absolute Gasteiger partial charge is 0.310 e. The Bertz CT molecular complexity index is 382. The van der Waals surface area contributed by atoms with Crippen LogP contribution in [0, 0.1) is 11.8 Å². The first-order valence-electron chi connectivity index (χ1n) is 9.51. The van der Waals surface area contributed by atoms with Crippen molar-refractivity contribution in [1.29, 1.82) is 0 Å². The molecular formula is C19H33NO3. The second kappa shape index (κ2) is 9.29. The number of esters is 1. The molecule has 2 rings (SSSR count). The van der Waals surface area contributed by atoms with Gasteiger partial charge in [-0.3, -0.25) is 9.59 Å². The van der Waals surface area contributed by atoms with Crippen molar-refractivity contribution in [2.45, 2.75) is 83.6 Å². The molecular weight excluding hydrogens is 290 g/mol. The van der Waals surface area contributed by atoms with Crippen molar-refractivity contribution in [2.24, 2.45) is 11.8 Å². The second-order valence-electron chi connectivity index (χ2n) is 7.40. The van der Waals surface area contributed by atoms with Crippen molar-refractivity contribution in [2.75, 3.05) is 13.7 Å². The van der Waals surface area contributed by atoms with Crippen LogP contribution in [0.1, 0.15) is 77.6 Å². The van der Waals surface area contributed by atoms with E-state index in [1.165, 1.54) is 52.1 Å². The molecule has 2 saturated carbocycles. The quantitative estimate of drug-likeness (QED) is 0.569. The molecule has 23 heavy (non-hydrogen) atoms. The largest absolute Gasteiger partial charge is 0.469 e. The molecule has 4 nitrogen and oxygen atoms in total. The molecule has 1 amide bonds. The van der Waals surface area contributed by atoms with E-state index in [1.807, 2.05) is 6.92 Å². The first-order valence-corrected chi connectivity index (χ1v) is 9.51. The maximum absolute atomic E-state index is 13.1. The van der Waals surface area contributed by atoms with Crippen LogP contribution in [0.25, 0.3) is 0 Å². The summed E-state index contributed by atoms with van der Waals surface area (Å²) in [6.07, 6.45) is 12.8. The van der Waals surface area contributed by atoms with Gasteiger partial charge in [0.2, 0.25) is 5.91 Å². The van der Waals surface area contributed by atoms with Gasteiger partial charge in [0.05, 0.1) is 13.0 Å². The molecule has 4 heteroatoms. The summed E-state index contributed by atoms with van der Waals surface area (Å²) in [6.45, 7) is 2.40. The Kier molecular flexibility index (Phi) is 7.38. The van der Waals surface area contributed by atoms with E-state index in [0.29, 0.717) is 18.5 Å². The van der Waals surface area contributed by atoms with Crippen molar-refractivity contribution in [3.63, 3.8) is 0 Å². The van der Waals surface area contributed by atoms with Crippen LogP contribution in [0.15, 0.2) is 0 Å². The predicted molar refractivity (Wildman–Crippen MR) is 91.0 cm³/mol. The number of carbonyl (C=O) groups is 2. The molecule has 2 aliphatic carbocycles. The third-order valence-electron chi connectivity index (χ3n) is 5.58. The SMILES string of the molecule is COC(=O)C(C)CN(C(=O)C1CCCCC1)C1CCCCCC1. The number of rotatable bonds is 5. The Morgan fingerprint density at radius 3 is 2.04 bits per heavy atom. The zero-order chi connectivity index (χ0) is 16.7. The zero-order valence-electron chi connectivity index (χ0n) is 14.9. The normalized spacial score (nSPS) is 22.2. The maximum atomic E-state index is 13.1. The van der Waals surface area contributed by atoms with Gasteiger partial charge in [0, 0.05) is 18.5 Å². The number of amides is 1. The molecule has 0 aromatic rings. The Balaban J connectivity index is 2.08. The van der Waals surface area contributed by atoms with Gasteiger partial charge in [-0.1, -0.05) is 51.9 Å². The molecule has 2 fully saturated rings. The monoisotopic (exact) mass is 323 g/mol. The van der Waals surface area contributed by atoms with Crippen LogP contribution < -0.4 is 0 Å². The van der Waals surface area contributed by atoms with E-state index >= 15 is 0 Å². The van der Waals surface area contributed by atoms with Crippen molar-refractivity contribution in [3.8, 4) is 0 Å². The summed E-state index contributed by atoms with van der Waals surface area (Å²) >= 11 is 0. The minimum absolute atomic E-state index is 0.178. The fourth-order valence-corrected chi connectivity index (χ4v) is 4.14. The van der Waals surface area contributed by atoms with Gasteiger partial charge in [0.15, 0.2) is 0 Å². The van der Waals surface area contributed by atoms with Crippen molar-refractivity contribution in [3.05, 3.63) is 0 Å². The van der Waals surface area contributed by atoms with Gasteiger partial charge in [-0.2, -0.15) is 0 Å². The first kappa shape index (κ1) is 18.3. The highest BCUT2D eigenvalue weighted by atomic mass is 16.5. The molecule has 1 atom stereocenters. The molecule has 2 aliphatic rings. The summed E-state index contributed by atoms with van der Waals surface area (Å²) in [5.41, 5.74) is 0. The average molecular weight is 323 g/mol. The van der Waals surface area contributed by atoms with E-state index < -0.39 is 0 Å². The third kappa shape index (κ3) is 5.22. The van der Waals surface area contributed by atoms with Gasteiger partial charge >= 0.3 is 5.97 Å². The Morgan fingerprint density at radius 1 is 0.957 bits per heavy atom. The highest BCUT2D eigenvalue weighted by molar-refractivity contribution is 5.80. The van der Waals surface area contributed by atoms with Crippen LogP contribution in [-0.2, 0) is 14.3 Å². The minimum atomic E-state index is -0.240. The Labute approximate surface area is 140 Å². The molecule has 132 valence electrons. The number of methoxy groups -OCH3 is 1. The highest BCUT2D eigenvalue weighted by Gasteiger charge is 2.33. The van der Waals surface area contributed by atoms with Crippen LogP contribution in [0.4, 0.5) is 0 Å². The molecule has 1 unspecified atom stereocenters. The van der Waals surface area contributed by atoms with Crippen molar-refractivity contribution in [1.82, 2.24) is 4.90 Å². The predicted octanol–water partition coefficient (Wildman–Crippen LogP) is 3.93. The molecule has 0 radical (unpaired) electrons. The number of hydrogen-bond donors (Lipinski definition) is 0. The fourth-order valence-electron chi connectivity index (χ4n) is 4.14. The zero-order valence-corrected chi connectivity index (χ0v) is 14.9. The van der Waals surface area contributed by atoms with Gasteiger partial charge in [-0.25, -0.2) is 0 Å². The maximum Gasteiger partial charge on any atom is 0.310 e. The van der Waals surface area contributed by atoms with Gasteiger partial charge in [-0.05, 0) is 25.7 Å². The molecule has 0 N–H and O–H groups in total. The highest BCUT2D eigenvalue weighted by Crippen LogP contribution is 2.29. The number of carbonyl (C=O) groups excluding carboxylic acids is 2. The topological polar surface area (TPSA) is 46.6 Å². The summed E-state index contributed by atoms with van der Waals surface area (Å²) in [6, 6.07) is 0.319. The molecule has 0 saturated heterocycles. The van der Waals surface area contributed by atoms with Crippen LogP contribution in [0.2, 0.25) is 0 Å². The first-order chi connectivity index (χ1) is 11.1. The molecule has 0 spiro atoms. The van der Waals surface area contributed by atoms with Crippen molar-refractivity contribution >= 4 is 11.9 Å². The van der Waals surface area contributed by atoms with E-state index in [1.54, 1.807) is 0 Å². The average Bonchev–Trinajstić information content (AvgIpc) is 2.88. The summed E-state index contributed by atoms with van der Waals surface area (Å²) in [5, 5.41) is 0. The molecule has 0 heterocycles. The number of ether oxygens (including phenoxy) is 1. The van der Waals surface area contributed by atoms with Crippen LogP contribution in [0.3, 0.4) is 0 Å². The van der Waals surface area contributed by atoms with Crippen molar-refractivity contribution < 1.29 is 14.3 Å². The summed E-state index contributed by atoms with van der Waals surface area (Å²) in [7, 11) is 1.43. The molecule has 0 aromatic carbocycles. The third-order valence-corrected chi connectivity index (χ3v) is 5.58. The van der Waals surface area contributed by atoms with E-state index in [-0.39, 0.29) is 17.8 Å². The summed E-state index contributed by atoms with van der Waals surface area (Å²) < 4.78 is 4.87. The van der Waals surface area contributed by atoms with E-state index in [9.17, 15) is 9.59 Å². The summed E-state index contributed by atoms with van der Waals surface area (Å²) in [4.78, 5) is 27.0. The number of nitrogens with zero attached hydrogens (tertiary/aromatic N) is 1. The lowest BCUT2D eigenvalue weighted by atomic mass is 9.87. The van der Waals surface area contributed by atoms with Crippen LogP contribution >= 0.6 is 0 Å². The molecule has 0 aliphatic heterocycles. The lowest BCUT2D eigenvalue weighted by molar-refractivity contribution is -0.148. The standard InChI is InChI=1S/C19H33NO3/c1-15(19(22)23-2)14-20(17-12-8-3-4-9-13-17)18(21)16-10-6-5-7-11-16/h15-17H,3-14H2,1-2H3. The van der Waals surface area contributed by atoms with Gasteiger partial charge in [0.25, 0.3) is 0 Å². The van der Waals surface area contributed by atoms with Gasteiger partial charge in [0.1, 0.15) is 0 Å². The fraction of sp³-hybridized carbons (Fsp3) is 0.895. The minimum Gasteiger partial charge on any atom is -0.469 e. The van der Waals surface area contributed by atoms with E-state index in [0.717, 1.165) is 25.7 Å². The molecule has 0 bridgehead atoms. The lowest BCUT2D eigenvalue weighted by Gasteiger charge is -2.36. The summed E-state index contributed by atoms with van der Waals surface area (Å²) in [5.74, 6) is 0.0278. The Morgan fingerprint density at radius 2 is 1.48 bits per heavy atom. The second-order valence-corrected chi connectivity index (χ2v) is 7.40.